The lowest BCUT2D eigenvalue weighted by Gasteiger charge is -2.27. The zero-order valence-corrected chi connectivity index (χ0v) is 14.9. The second-order valence-corrected chi connectivity index (χ2v) is 6.12. The number of benzene rings is 1. The number of hydrogen-bond donors (Lipinski definition) is 2. The molecule has 0 atom stereocenters. The lowest BCUT2D eigenvalue weighted by Crippen LogP contribution is -2.43. The Bertz CT molecular complexity index is 757. The van der Waals surface area contributed by atoms with Gasteiger partial charge in [0.15, 0.2) is 11.5 Å². The van der Waals surface area contributed by atoms with Gasteiger partial charge in [0.05, 0.1) is 26.5 Å². The average Bonchev–Trinajstić information content (AvgIpc) is 3.02. The summed E-state index contributed by atoms with van der Waals surface area (Å²) in [5.74, 6) is 1.40. The summed E-state index contributed by atoms with van der Waals surface area (Å²) < 4.78 is 10.5. The van der Waals surface area contributed by atoms with Crippen molar-refractivity contribution in [2.75, 3.05) is 27.3 Å². The molecule has 2 heterocycles. The quantitative estimate of drug-likeness (QED) is 0.870. The molecule has 0 spiro atoms. The lowest BCUT2D eigenvalue weighted by molar-refractivity contribution is 0.192. The Balaban J connectivity index is 1.52. The first-order valence-corrected chi connectivity index (χ1v) is 8.38. The number of nitrogens with one attached hydrogen (secondary N) is 2. The second kappa shape index (κ2) is 7.46. The molecule has 2 aromatic rings. The summed E-state index contributed by atoms with van der Waals surface area (Å²) in [6.45, 7) is 3.87. The van der Waals surface area contributed by atoms with Crippen molar-refractivity contribution in [3.63, 3.8) is 0 Å². The van der Waals surface area contributed by atoms with Crippen LogP contribution in [0.2, 0.25) is 0 Å². The maximum atomic E-state index is 12.4. The summed E-state index contributed by atoms with van der Waals surface area (Å²) in [6, 6.07) is 5.76. The fourth-order valence-electron chi connectivity index (χ4n) is 3.07. The van der Waals surface area contributed by atoms with E-state index in [0.717, 1.165) is 35.4 Å². The molecule has 2 N–H and O–H groups in total. The van der Waals surface area contributed by atoms with Gasteiger partial charge < -0.3 is 19.7 Å². The van der Waals surface area contributed by atoms with Crippen molar-refractivity contribution in [1.29, 1.82) is 0 Å². The summed E-state index contributed by atoms with van der Waals surface area (Å²) in [7, 11) is 3.23. The molecule has 7 nitrogen and oxygen atoms in total. The van der Waals surface area contributed by atoms with Crippen LogP contribution in [-0.4, -0.2) is 48.4 Å². The Morgan fingerprint density at radius 1 is 1.32 bits per heavy atom. The highest BCUT2D eigenvalue weighted by Gasteiger charge is 2.23. The van der Waals surface area contributed by atoms with Crippen LogP contribution in [0.15, 0.2) is 18.2 Å². The fourth-order valence-corrected chi connectivity index (χ4v) is 3.07. The Kier molecular flexibility index (Phi) is 5.11. The number of rotatable bonds is 5. The first kappa shape index (κ1) is 17.1. The number of aryl methyl sites for hydroxylation is 1. The molecule has 0 bridgehead atoms. The summed E-state index contributed by atoms with van der Waals surface area (Å²) in [5.41, 5.74) is 4.34. The van der Waals surface area contributed by atoms with Crippen LogP contribution >= 0.6 is 0 Å². The van der Waals surface area contributed by atoms with E-state index in [1.165, 1.54) is 0 Å². The number of H-pyrrole nitrogens is 1. The number of carbonyl (C=O) groups excluding carboxylic acids is 1. The number of nitrogens with zero attached hydrogens (tertiary/aromatic N) is 2. The Morgan fingerprint density at radius 3 is 2.88 bits per heavy atom. The third-order valence-corrected chi connectivity index (χ3v) is 4.55. The molecular formula is C18H24N4O3. The van der Waals surface area contributed by atoms with Crippen molar-refractivity contribution in [2.45, 2.75) is 26.3 Å². The minimum Gasteiger partial charge on any atom is -0.493 e. The van der Waals surface area contributed by atoms with Crippen LogP contribution < -0.4 is 14.8 Å². The Labute approximate surface area is 147 Å². The zero-order valence-electron chi connectivity index (χ0n) is 14.9. The molecular weight excluding hydrogens is 320 g/mol. The summed E-state index contributed by atoms with van der Waals surface area (Å²) in [6.07, 6.45) is 1.53. The number of hydrogen-bond acceptors (Lipinski definition) is 4. The van der Waals surface area contributed by atoms with E-state index in [1.807, 2.05) is 30.0 Å². The third-order valence-electron chi connectivity index (χ3n) is 4.55. The van der Waals surface area contributed by atoms with Gasteiger partial charge >= 0.3 is 6.03 Å². The number of methoxy groups -OCH3 is 2. The van der Waals surface area contributed by atoms with Gasteiger partial charge in [0.2, 0.25) is 0 Å². The molecule has 2 amide bonds. The number of amides is 2. The first-order valence-electron chi connectivity index (χ1n) is 8.38. The van der Waals surface area contributed by atoms with Crippen LogP contribution in [0.4, 0.5) is 4.79 Å². The van der Waals surface area contributed by atoms with E-state index < -0.39 is 0 Å². The van der Waals surface area contributed by atoms with Crippen LogP contribution in [-0.2, 0) is 19.4 Å². The van der Waals surface area contributed by atoms with E-state index in [-0.39, 0.29) is 6.03 Å². The number of fused-ring (bicyclic) bond motifs is 1. The van der Waals surface area contributed by atoms with Crippen molar-refractivity contribution >= 4 is 6.03 Å². The minimum atomic E-state index is -0.0354. The van der Waals surface area contributed by atoms with Gasteiger partial charge in [-0.2, -0.15) is 5.10 Å². The second-order valence-electron chi connectivity index (χ2n) is 6.12. The number of carbonyl (C=O) groups is 1. The molecule has 134 valence electrons. The third kappa shape index (κ3) is 3.70. The molecule has 7 heteroatoms. The lowest BCUT2D eigenvalue weighted by atomic mass is 10.1. The molecule has 1 aromatic heterocycles. The van der Waals surface area contributed by atoms with E-state index in [0.29, 0.717) is 31.1 Å². The predicted molar refractivity (Wildman–Crippen MR) is 94.1 cm³/mol. The van der Waals surface area contributed by atoms with Gasteiger partial charge in [0.1, 0.15) is 0 Å². The van der Waals surface area contributed by atoms with Crippen molar-refractivity contribution in [1.82, 2.24) is 20.4 Å². The summed E-state index contributed by atoms with van der Waals surface area (Å²) in [5, 5.41) is 10.3. The predicted octanol–water partition coefficient (Wildman–Crippen LogP) is 2.05. The molecule has 0 aliphatic carbocycles. The van der Waals surface area contributed by atoms with Crippen LogP contribution in [0, 0.1) is 6.92 Å². The molecule has 3 rings (SSSR count). The molecule has 0 saturated heterocycles. The number of urea groups is 1. The van der Waals surface area contributed by atoms with E-state index >= 15 is 0 Å². The molecule has 25 heavy (non-hydrogen) atoms. The van der Waals surface area contributed by atoms with Crippen molar-refractivity contribution in [3.05, 3.63) is 40.7 Å². The molecule has 1 aliphatic rings. The van der Waals surface area contributed by atoms with E-state index in [9.17, 15) is 4.79 Å². The number of aromatic amines is 1. The van der Waals surface area contributed by atoms with Crippen LogP contribution in [0.1, 0.15) is 22.5 Å². The standard InChI is InChI=1S/C18H24N4O3/c1-12-14-11-22(9-7-15(14)21-20-12)18(23)19-8-6-13-4-5-16(24-2)17(10-13)25-3/h4-5,10H,6-9,11H2,1-3H3,(H,19,23)(H,20,21). The molecule has 1 aliphatic heterocycles. The topological polar surface area (TPSA) is 79.5 Å². The molecule has 0 unspecified atom stereocenters. The maximum absolute atomic E-state index is 12.4. The van der Waals surface area contributed by atoms with Gasteiger partial charge in [-0.05, 0) is 31.0 Å². The highest BCUT2D eigenvalue weighted by atomic mass is 16.5. The largest absolute Gasteiger partial charge is 0.493 e. The average molecular weight is 344 g/mol. The van der Waals surface area contributed by atoms with Crippen molar-refractivity contribution in [2.24, 2.45) is 0 Å². The zero-order chi connectivity index (χ0) is 17.8. The SMILES string of the molecule is COc1ccc(CCNC(=O)N2CCc3n[nH]c(C)c3C2)cc1OC. The minimum absolute atomic E-state index is 0.0354. The highest BCUT2D eigenvalue weighted by Crippen LogP contribution is 2.27. The molecule has 0 saturated carbocycles. The molecule has 1 aromatic carbocycles. The number of ether oxygens (including phenoxy) is 2. The van der Waals surface area contributed by atoms with Crippen molar-refractivity contribution < 1.29 is 14.3 Å². The van der Waals surface area contributed by atoms with E-state index in [4.69, 9.17) is 9.47 Å². The monoisotopic (exact) mass is 344 g/mol. The Hall–Kier alpha value is -2.70. The normalized spacial score (nSPS) is 13.3. The van der Waals surface area contributed by atoms with E-state index in [2.05, 4.69) is 15.5 Å². The van der Waals surface area contributed by atoms with Crippen LogP contribution in [0.5, 0.6) is 11.5 Å². The van der Waals surface area contributed by atoms with Crippen LogP contribution in [0.3, 0.4) is 0 Å². The van der Waals surface area contributed by atoms with Gasteiger partial charge in [0.25, 0.3) is 0 Å². The molecule has 0 fully saturated rings. The van der Waals surface area contributed by atoms with Gasteiger partial charge in [-0.15, -0.1) is 0 Å². The van der Waals surface area contributed by atoms with Crippen molar-refractivity contribution in [3.8, 4) is 11.5 Å². The fraction of sp³-hybridized carbons (Fsp3) is 0.444. The Morgan fingerprint density at radius 2 is 2.12 bits per heavy atom. The van der Waals surface area contributed by atoms with Gasteiger partial charge in [0, 0.05) is 30.8 Å². The highest BCUT2D eigenvalue weighted by molar-refractivity contribution is 5.74. The summed E-state index contributed by atoms with van der Waals surface area (Å²) >= 11 is 0. The van der Waals surface area contributed by atoms with Gasteiger partial charge in [-0.25, -0.2) is 4.79 Å². The van der Waals surface area contributed by atoms with E-state index in [1.54, 1.807) is 14.2 Å². The van der Waals surface area contributed by atoms with Gasteiger partial charge in [-0.3, -0.25) is 5.10 Å². The van der Waals surface area contributed by atoms with Crippen LogP contribution in [0.25, 0.3) is 0 Å². The summed E-state index contributed by atoms with van der Waals surface area (Å²) in [4.78, 5) is 14.2. The number of aromatic nitrogens is 2. The first-order chi connectivity index (χ1) is 12.1. The van der Waals surface area contributed by atoms with Gasteiger partial charge in [-0.1, -0.05) is 6.07 Å². The molecule has 0 radical (unpaired) electrons. The smallest absolute Gasteiger partial charge is 0.317 e. The maximum Gasteiger partial charge on any atom is 0.317 e.